The van der Waals surface area contributed by atoms with Gasteiger partial charge in [-0.25, -0.2) is 4.98 Å². The van der Waals surface area contributed by atoms with Crippen molar-refractivity contribution >= 4 is 11.8 Å². The van der Waals surface area contributed by atoms with E-state index in [4.69, 9.17) is 0 Å². The average Bonchev–Trinajstić information content (AvgIpc) is 3.13. The first-order chi connectivity index (χ1) is 9.86. The molecule has 0 bridgehead atoms. The van der Waals surface area contributed by atoms with E-state index in [1.807, 2.05) is 18.0 Å². The molecule has 1 saturated carbocycles. The predicted molar refractivity (Wildman–Crippen MR) is 83.8 cm³/mol. The number of H-pyrrole nitrogens is 1. The maximum Gasteiger partial charge on any atom is 0.120 e. The molecule has 1 aromatic carbocycles. The topological polar surface area (TPSA) is 40.7 Å². The highest BCUT2D eigenvalue weighted by molar-refractivity contribution is 8.00. The lowest BCUT2D eigenvalue weighted by Gasteiger charge is -2.28. The second-order valence-electron chi connectivity index (χ2n) is 5.44. The van der Waals surface area contributed by atoms with Crippen molar-refractivity contribution in [2.24, 2.45) is 0 Å². The fourth-order valence-corrected chi connectivity index (χ4v) is 4.34. The van der Waals surface area contributed by atoms with E-state index in [1.165, 1.54) is 30.6 Å². The molecule has 3 rings (SSSR count). The fraction of sp³-hybridized carbons (Fsp3) is 0.438. The molecule has 1 fully saturated rings. The smallest absolute Gasteiger partial charge is 0.120 e. The molecule has 1 heterocycles. The summed E-state index contributed by atoms with van der Waals surface area (Å²) in [5.41, 5.74) is 0. The van der Waals surface area contributed by atoms with Gasteiger partial charge >= 0.3 is 0 Å². The first-order valence-corrected chi connectivity index (χ1v) is 8.11. The van der Waals surface area contributed by atoms with E-state index < -0.39 is 0 Å². The summed E-state index contributed by atoms with van der Waals surface area (Å²) in [6.07, 6.45) is 8.99. The van der Waals surface area contributed by atoms with Crippen LogP contribution in [0, 0.1) is 0 Å². The van der Waals surface area contributed by atoms with Crippen molar-refractivity contribution in [2.75, 3.05) is 6.54 Å². The Morgan fingerprint density at radius 1 is 1.20 bits per heavy atom. The minimum atomic E-state index is 0.355. The second kappa shape index (κ2) is 6.46. The van der Waals surface area contributed by atoms with Gasteiger partial charge in [0.25, 0.3) is 0 Å². The Morgan fingerprint density at radius 2 is 2.00 bits per heavy atom. The van der Waals surface area contributed by atoms with Crippen LogP contribution in [0.15, 0.2) is 47.6 Å². The monoisotopic (exact) mass is 287 g/mol. The maximum absolute atomic E-state index is 4.26. The SMILES string of the molecule is c1ccc(SC2(CNCc3ncc[nH]3)CCCC2)cc1. The van der Waals surface area contributed by atoms with E-state index >= 15 is 0 Å². The molecule has 4 heteroatoms. The molecule has 1 aliphatic rings. The molecule has 0 radical (unpaired) electrons. The first kappa shape index (κ1) is 13.7. The summed E-state index contributed by atoms with van der Waals surface area (Å²) in [4.78, 5) is 8.79. The zero-order valence-corrected chi connectivity index (χ0v) is 12.5. The normalized spacial score (nSPS) is 17.4. The Morgan fingerprint density at radius 3 is 2.70 bits per heavy atom. The molecule has 2 aromatic rings. The van der Waals surface area contributed by atoms with Crippen molar-refractivity contribution in [3.8, 4) is 0 Å². The van der Waals surface area contributed by atoms with Gasteiger partial charge in [-0.05, 0) is 25.0 Å². The number of thioether (sulfide) groups is 1. The van der Waals surface area contributed by atoms with Crippen molar-refractivity contribution in [2.45, 2.75) is 41.9 Å². The number of rotatable bonds is 6. The molecule has 0 unspecified atom stereocenters. The number of nitrogens with one attached hydrogen (secondary N) is 2. The molecule has 106 valence electrons. The molecular weight excluding hydrogens is 266 g/mol. The lowest BCUT2D eigenvalue weighted by Crippen LogP contribution is -2.35. The number of nitrogens with zero attached hydrogens (tertiary/aromatic N) is 1. The van der Waals surface area contributed by atoms with E-state index in [-0.39, 0.29) is 0 Å². The Kier molecular flexibility index (Phi) is 4.43. The minimum Gasteiger partial charge on any atom is -0.348 e. The Labute approximate surface area is 124 Å². The van der Waals surface area contributed by atoms with Gasteiger partial charge < -0.3 is 10.3 Å². The third-order valence-corrected chi connectivity index (χ3v) is 5.38. The summed E-state index contributed by atoms with van der Waals surface area (Å²) in [7, 11) is 0. The lowest BCUT2D eigenvalue weighted by molar-refractivity contribution is 0.526. The zero-order valence-electron chi connectivity index (χ0n) is 11.6. The summed E-state index contributed by atoms with van der Waals surface area (Å²) in [5, 5.41) is 3.58. The number of benzene rings is 1. The minimum absolute atomic E-state index is 0.355. The second-order valence-corrected chi connectivity index (χ2v) is 6.99. The molecule has 2 N–H and O–H groups in total. The molecule has 1 aromatic heterocycles. The van der Waals surface area contributed by atoms with E-state index in [0.29, 0.717) is 4.75 Å². The van der Waals surface area contributed by atoms with Crippen molar-refractivity contribution in [3.05, 3.63) is 48.5 Å². The summed E-state index contributed by atoms with van der Waals surface area (Å²) >= 11 is 2.04. The van der Waals surface area contributed by atoms with Crippen LogP contribution in [0.3, 0.4) is 0 Å². The van der Waals surface area contributed by atoms with Crippen molar-refractivity contribution in [1.82, 2.24) is 15.3 Å². The van der Waals surface area contributed by atoms with Gasteiger partial charge in [-0.3, -0.25) is 0 Å². The Bertz CT molecular complexity index is 504. The van der Waals surface area contributed by atoms with Crippen LogP contribution < -0.4 is 5.32 Å². The summed E-state index contributed by atoms with van der Waals surface area (Å²) in [6.45, 7) is 1.87. The van der Waals surface area contributed by atoms with Crippen LogP contribution in [0.25, 0.3) is 0 Å². The Balaban J connectivity index is 1.59. The van der Waals surface area contributed by atoms with Gasteiger partial charge in [0.1, 0.15) is 5.82 Å². The number of imidazole rings is 1. The third kappa shape index (κ3) is 3.44. The lowest BCUT2D eigenvalue weighted by atomic mass is 10.1. The van der Waals surface area contributed by atoms with Gasteiger partial charge in [0, 0.05) is 28.6 Å². The molecule has 1 aliphatic carbocycles. The van der Waals surface area contributed by atoms with Crippen molar-refractivity contribution in [3.63, 3.8) is 0 Å². The number of aromatic amines is 1. The van der Waals surface area contributed by atoms with Crippen LogP contribution in [0.4, 0.5) is 0 Å². The van der Waals surface area contributed by atoms with E-state index in [0.717, 1.165) is 18.9 Å². The molecular formula is C16H21N3S. The number of hydrogen-bond donors (Lipinski definition) is 2. The van der Waals surface area contributed by atoms with Crippen LogP contribution >= 0.6 is 11.8 Å². The molecule has 0 aliphatic heterocycles. The highest BCUT2D eigenvalue weighted by Crippen LogP contribution is 2.44. The number of aromatic nitrogens is 2. The quantitative estimate of drug-likeness (QED) is 0.853. The van der Waals surface area contributed by atoms with Crippen molar-refractivity contribution < 1.29 is 0 Å². The molecule has 3 nitrogen and oxygen atoms in total. The third-order valence-electron chi connectivity index (χ3n) is 3.89. The van der Waals surface area contributed by atoms with Gasteiger partial charge in [-0.2, -0.15) is 0 Å². The highest BCUT2D eigenvalue weighted by atomic mass is 32.2. The van der Waals surface area contributed by atoms with Gasteiger partial charge in [0.2, 0.25) is 0 Å². The summed E-state index contributed by atoms with van der Waals surface area (Å²) in [6, 6.07) is 10.8. The van der Waals surface area contributed by atoms with Crippen LogP contribution in [0.5, 0.6) is 0 Å². The van der Waals surface area contributed by atoms with Gasteiger partial charge in [-0.15, -0.1) is 11.8 Å². The van der Waals surface area contributed by atoms with Crippen LogP contribution in [-0.4, -0.2) is 21.3 Å². The van der Waals surface area contributed by atoms with E-state index in [9.17, 15) is 0 Å². The average molecular weight is 287 g/mol. The fourth-order valence-electron chi connectivity index (χ4n) is 2.88. The van der Waals surface area contributed by atoms with Gasteiger partial charge in [-0.1, -0.05) is 31.0 Å². The molecule has 0 atom stereocenters. The van der Waals surface area contributed by atoms with E-state index in [1.54, 1.807) is 6.20 Å². The van der Waals surface area contributed by atoms with Crippen LogP contribution in [0.2, 0.25) is 0 Å². The summed E-state index contributed by atoms with van der Waals surface area (Å²) in [5.74, 6) is 1.02. The maximum atomic E-state index is 4.26. The molecule has 0 spiro atoms. The highest BCUT2D eigenvalue weighted by Gasteiger charge is 2.34. The molecule has 20 heavy (non-hydrogen) atoms. The van der Waals surface area contributed by atoms with Crippen LogP contribution in [-0.2, 0) is 6.54 Å². The largest absolute Gasteiger partial charge is 0.348 e. The van der Waals surface area contributed by atoms with Crippen molar-refractivity contribution in [1.29, 1.82) is 0 Å². The first-order valence-electron chi connectivity index (χ1n) is 7.29. The summed E-state index contributed by atoms with van der Waals surface area (Å²) < 4.78 is 0.355. The van der Waals surface area contributed by atoms with Gasteiger partial charge in [0.15, 0.2) is 0 Å². The van der Waals surface area contributed by atoms with Gasteiger partial charge in [0.05, 0.1) is 6.54 Å². The predicted octanol–water partition coefficient (Wildman–Crippen LogP) is 3.60. The molecule has 0 amide bonds. The van der Waals surface area contributed by atoms with E-state index in [2.05, 4.69) is 45.6 Å². The molecule has 0 saturated heterocycles. The number of hydrogen-bond acceptors (Lipinski definition) is 3. The zero-order chi connectivity index (χ0) is 13.7. The Hall–Kier alpha value is -1.26. The standard InChI is InChI=1S/C16H21N3S/c1-2-6-14(7-3-1)20-16(8-4-5-9-16)13-17-12-15-18-10-11-19-15/h1-3,6-7,10-11,17H,4-5,8-9,12-13H2,(H,18,19). The van der Waals surface area contributed by atoms with Crippen LogP contribution in [0.1, 0.15) is 31.5 Å².